The van der Waals surface area contributed by atoms with Crippen LogP contribution in [0.4, 0.5) is 5.82 Å². The van der Waals surface area contributed by atoms with Gasteiger partial charge in [0.2, 0.25) is 5.91 Å². The average molecular weight is 287 g/mol. The topological polar surface area (TPSA) is 76.2 Å². The molecule has 2 aromatic rings. The minimum absolute atomic E-state index is 0.0520. The predicted octanol–water partition coefficient (Wildman–Crippen LogP) is 2.21. The normalized spacial score (nSPS) is 17.1. The first-order chi connectivity index (χ1) is 10.1. The fourth-order valence-electron chi connectivity index (χ4n) is 2.81. The van der Waals surface area contributed by atoms with Crippen molar-refractivity contribution in [3.05, 3.63) is 35.0 Å². The maximum Gasteiger partial charge on any atom is 0.226 e. The van der Waals surface area contributed by atoms with Crippen LogP contribution < -0.4 is 14.8 Å². The van der Waals surface area contributed by atoms with Gasteiger partial charge in [-0.3, -0.25) is 9.89 Å². The largest absolute Gasteiger partial charge is 0.497 e. The Balaban J connectivity index is 2.16. The van der Waals surface area contributed by atoms with Crippen molar-refractivity contribution in [3.63, 3.8) is 0 Å². The molecule has 0 radical (unpaired) electrons. The van der Waals surface area contributed by atoms with E-state index in [9.17, 15) is 4.79 Å². The van der Waals surface area contributed by atoms with Crippen molar-refractivity contribution in [1.29, 1.82) is 0 Å². The third-order valence-corrected chi connectivity index (χ3v) is 3.80. The Morgan fingerprint density at radius 2 is 2.10 bits per heavy atom. The lowest BCUT2D eigenvalue weighted by Crippen LogP contribution is -2.23. The minimum Gasteiger partial charge on any atom is -0.497 e. The quantitative estimate of drug-likeness (QED) is 0.907. The summed E-state index contributed by atoms with van der Waals surface area (Å²) in [7, 11) is 3.24. The van der Waals surface area contributed by atoms with Crippen LogP contribution in [0.25, 0.3) is 0 Å². The molecule has 0 aliphatic carbocycles. The molecule has 0 bridgehead atoms. The zero-order valence-corrected chi connectivity index (χ0v) is 12.2. The first-order valence-corrected chi connectivity index (χ1v) is 6.70. The zero-order valence-electron chi connectivity index (χ0n) is 12.2. The number of methoxy groups -OCH3 is 2. The van der Waals surface area contributed by atoms with Crippen molar-refractivity contribution in [2.45, 2.75) is 19.3 Å². The number of H-pyrrole nitrogens is 1. The van der Waals surface area contributed by atoms with Crippen LogP contribution in [0.1, 0.15) is 29.2 Å². The lowest BCUT2D eigenvalue weighted by Gasteiger charge is -2.24. The highest BCUT2D eigenvalue weighted by Crippen LogP contribution is 2.42. The Hall–Kier alpha value is -2.50. The molecule has 1 amide bonds. The SMILES string of the molecule is COc1ccc(OC)c([C@H]2CC(=O)Nc3n[nH]c(C)c32)c1. The van der Waals surface area contributed by atoms with Crippen molar-refractivity contribution in [3.8, 4) is 11.5 Å². The molecule has 21 heavy (non-hydrogen) atoms. The van der Waals surface area contributed by atoms with Gasteiger partial charge in [-0.2, -0.15) is 5.10 Å². The smallest absolute Gasteiger partial charge is 0.226 e. The highest BCUT2D eigenvalue weighted by atomic mass is 16.5. The number of benzene rings is 1. The van der Waals surface area contributed by atoms with Crippen LogP contribution in [-0.2, 0) is 4.79 Å². The fourth-order valence-corrected chi connectivity index (χ4v) is 2.81. The predicted molar refractivity (Wildman–Crippen MR) is 78.0 cm³/mol. The van der Waals surface area contributed by atoms with Crippen molar-refractivity contribution < 1.29 is 14.3 Å². The monoisotopic (exact) mass is 287 g/mol. The van der Waals surface area contributed by atoms with Crippen LogP contribution in [0.2, 0.25) is 0 Å². The van der Waals surface area contributed by atoms with E-state index in [0.717, 1.165) is 28.3 Å². The van der Waals surface area contributed by atoms with E-state index >= 15 is 0 Å². The molecular formula is C15H17N3O3. The number of aryl methyl sites for hydroxylation is 1. The molecule has 2 N–H and O–H groups in total. The number of hydrogen-bond donors (Lipinski definition) is 2. The number of hydrogen-bond acceptors (Lipinski definition) is 4. The molecule has 0 saturated heterocycles. The molecule has 1 atom stereocenters. The summed E-state index contributed by atoms with van der Waals surface area (Å²) in [6, 6.07) is 5.61. The molecule has 0 spiro atoms. The number of rotatable bonds is 3. The summed E-state index contributed by atoms with van der Waals surface area (Å²) in [4.78, 5) is 11.9. The highest BCUT2D eigenvalue weighted by molar-refractivity contribution is 5.94. The van der Waals surface area contributed by atoms with Crippen molar-refractivity contribution in [2.24, 2.45) is 0 Å². The molecule has 6 nitrogen and oxygen atoms in total. The van der Waals surface area contributed by atoms with Crippen LogP contribution >= 0.6 is 0 Å². The lowest BCUT2D eigenvalue weighted by atomic mass is 9.85. The number of aromatic amines is 1. The Morgan fingerprint density at radius 3 is 2.81 bits per heavy atom. The van der Waals surface area contributed by atoms with Gasteiger partial charge in [0.1, 0.15) is 11.5 Å². The van der Waals surface area contributed by atoms with Gasteiger partial charge in [0.15, 0.2) is 5.82 Å². The summed E-state index contributed by atoms with van der Waals surface area (Å²) in [5.74, 6) is 1.92. The van der Waals surface area contributed by atoms with E-state index in [1.165, 1.54) is 0 Å². The van der Waals surface area contributed by atoms with Crippen LogP contribution in [0.3, 0.4) is 0 Å². The average Bonchev–Trinajstić information content (AvgIpc) is 2.87. The second-order valence-electron chi connectivity index (χ2n) is 5.02. The van der Waals surface area contributed by atoms with Gasteiger partial charge >= 0.3 is 0 Å². The van der Waals surface area contributed by atoms with Gasteiger partial charge in [-0.25, -0.2) is 0 Å². The Morgan fingerprint density at radius 1 is 1.29 bits per heavy atom. The maximum absolute atomic E-state index is 11.9. The van der Waals surface area contributed by atoms with E-state index in [1.807, 2.05) is 25.1 Å². The molecule has 0 unspecified atom stereocenters. The number of amides is 1. The first-order valence-electron chi connectivity index (χ1n) is 6.70. The second kappa shape index (κ2) is 5.12. The third-order valence-electron chi connectivity index (χ3n) is 3.80. The Kier molecular flexibility index (Phi) is 3.29. The summed E-state index contributed by atoms with van der Waals surface area (Å²) in [6.07, 6.45) is 0.358. The summed E-state index contributed by atoms with van der Waals surface area (Å²) < 4.78 is 10.7. The van der Waals surface area contributed by atoms with Crippen LogP contribution in [0.15, 0.2) is 18.2 Å². The molecule has 3 rings (SSSR count). The van der Waals surface area contributed by atoms with Gasteiger partial charge in [-0.1, -0.05) is 0 Å². The van der Waals surface area contributed by atoms with Gasteiger partial charge in [-0.05, 0) is 25.1 Å². The Labute approximate surface area is 122 Å². The van der Waals surface area contributed by atoms with E-state index < -0.39 is 0 Å². The lowest BCUT2D eigenvalue weighted by molar-refractivity contribution is -0.116. The van der Waals surface area contributed by atoms with Crippen LogP contribution in [0, 0.1) is 6.92 Å². The number of aromatic nitrogens is 2. The summed E-state index contributed by atoms with van der Waals surface area (Å²) in [5, 5.41) is 9.87. The molecule has 0 fully saturated rings. The summed E-state index contributed by atoms with van der Waals surface area (Å²) in [6.45, 7) is 1.95. The maximum atomic E-state index is 11.9. The van der Waals surface area contributed by atoms with Crippen LogP contribution in [0.5, 0.6) is 11.5 Å². The molecule has 0 saturated carbocycles. The third kappa shape index (κ3) is 2.22. The number of fused-ring (bicyclic) bond motifs is 1. The van der Waals surface area contributed by atoms with Gasteiger partial charge in [0.05, 0.1) is 14.2 Å². The van der Waals surface area contributed by atoms with E-state index in [1.54, 1.807) is 14.2 Å². The highest BCUT2D eigenvalue weighted by Gasteiger charge is 2.32. The molecule has 1 aromatic carbocycles. The number of ether oxygens (including phenoxy) is 2. The molecule has 6 heteroatoms. The van der Waals surface area contributed by atoms with Gasteiger partial charge in [0.25, 0.3) is 0 Å². The summed E-state index contributed by atoms with van der Waals surface area (Å²) >= 11 is 0. The fraction of sp³-hybridized carbons (Fsp3) is 0.333. The summed E-state index contributed by atoms with van der Waals surface area (Å²) in [5.41, 5.74) is 2.87. The van der Waals surface area contributed by atoms with Gasteiger partial charge < -0.3 is 14.8 Å². The van der Waals surface area contributed by atoms with Crippen molar-refractivity contribution in [2.75, 3.05) is 19.5 Å². The zero-order chi connectivity index (χ0) is 15.0. The van der Waals surface area contributed by atoms with Gasteiger partial charge in [0, 0.05) is 29.2 Å². The molecule has 1 aliphatic heterocycles. The molecular weight excluding hydrogens is 270 g/mol. The standard InChI is InChI=1S/C15H17N3O3/c1-8-14-11(7-13(19)16-15(14)18-17-8)10-6-9(20-2)4-5-12(10)21-3/h4-6,11H,7H2,1-3H3,(H2,16,17,18,19)/t11-/m1/s1. The van der Waals surface area contributed by atoms with E-state index in [0.29, 0.717) is 12.2 Å². The van der Waals surface area contributed by atoms with E-state index in [4.69, 9.17) is 9.47 Å². The van der Waals surface area contributed by atoms with E-state index in [2.05, 4.69) is 15.5 Å². The molecule has 1 aliphatic rings. The molecule has 110 valence electrons. The van der Waals surface area contributed by atoms with Gasteiger partial charge in [-0.15, -0.1) is 0 Å². The van der Waals surface area contributed by atoms with Crippen molar-refractivity contribution >= 4 is 11.7 Å². The van der Waals surface area contributed by atoms with E-state index in [-0.39, 0.29) is 11.8 Å². The first kappa shape index (κ1) is 13.5. The number of carbonyl (C=O) groups is 1. The molecule has 1 aromatic heterocycles. The van der Waals surface area contributed by atoms with Crippen molar-refractivity contribution in [1.82, 2.24) is 10.2 Å². The van der Waals surface area contributed by atoms with Crippen LogP contribution in [-0.4, -0.2) is 30.3 Å². The second-order valence-corrected chi connectivity index (χ2v) is 5.02. The number of anilines is 1. The number of nitrogens with zero attached hydrogens (tertiary/aromatic N) is 1. The Bertz CT molecular complexity index is 693. The number of carbonyl (C=O) groups excluding carboxylic acids is 1. The molecule has 2 heterocycles. The number of nitrogens with one attached hydrogen (secondary N) is 2. The minimum atomic E-state index is -0.0995.